The average molecular weight is 522 g/mol. The van der Waals surface area contributed by atoms with Crippen LogP contribution in [0.4, 0.5) is 5.69 Å². The van der Waals surface area contributed by atoms with Crippen molar-refractivity contribution < 1.29 is 9.59 Å². The number of carbonyl (C=O) groups excluding carboxylic acids is 2. The number of hydrogen-bond acceptors (Lipinski definition) is 2. The van der Waals surface area contributed by atoms with Crippen molar-refractivity contribution in [1.82, 2.24) is 4.57 Å². The number of carbonyl (C=O) groups is 2. The molecule has 1 amide bonds. The van der Waals surface area contributed by atoms with Gasteiger partial charge in [0.15, 0.2) is 0 Å². The molecule has 0 saturated carbocycles. The molecule has 35 heavy (non-hydrogen) atoms. The largest absolute Gasteiger partial charge is 0.336 e. The number of alkyl halides is 3. The van der Waals surface area contributed by atoms with Crippen LogP contribution in [0.5, 0.6) is 0 Å². The minimum absolute atomic E-state index is 0.0971. The van der Waals surface area contributed by atoms with Crippen molar-refractivity contribution in [1.29, 1.82) is 0 Å². The van der Waals surface area contributed by atoms with Gasteiger partial charge in [-0.25, -0.2) is 0 Å². The molecule has 0 bridgehead atoms. The van der Waals surface area contributed by atoms with E-state index in [1.807, 2.05) is 65.2 Å². The number of halogens is 3. The number of fused-ring (bicyclic) bond motifs is 5. The number of ketones is 1. The summed E-state index contributed by atoms with van der Waals surface area (Å²) in [6.45, 7) is 0.684. The summed E-state index contributed by atoms with van der Waals surface area (Å²) < 4.78 is -0.228. The maximum absolute atomic E-state index is 13.9. The molecular weight excluding hydrogens is 503 g/mol. The van der Waals surface area contributed by atoms with Crippen LogP contribution in [0.3, 0.4) is 0 Å². The van der Waals surface area contributed by atoms with Gasteiger partial charge in [-0.15, -0.1) is 0 Å². The van der Waals surface area contributed by atoms with Crippen molar-refractivity contribution in [2.45, 2.75) is 23.3 Å². The van der Waals surface area contributed by atoms with Crippen LogP contribution >= 0.6 is 34.8 Å². The fourth-order valence-corrected chi connectivity index (χ4v) is 5.41. The Kier molecular flexibility index (Phi) is 5.29. The second-order valence-corrected chi connectivity index (χ2v) is 11.1. The maximum atomic E-state index is 13.9. The lowest BCUT2D eigenvalue weighted by Gasteiger charge is -2.23. The highest BCUT2D eigenvalue weighted by molar-refractivity contribution is 6.77. The molecule has 1 aromatic heterocycles. The number of rotatable bonds is 2. The lowest BCUT2D eigenvalue weighted by molar-refractivity contribution is 0.0980. The first-order valence-corrected chi connectivity index (χ1v) is 12.4. The Morgan fingerprint density at radius 1 is 0.743 bits per heavy atom. The molecule has 3 aromatic carbocycles. The smallest absolute Gasteiger partial charge is 0.258 e. The van der Waals surface area contributed by atoms with Crippen molar-refractivity contribution in [2.75, 3.05) is 4.90 Å². The molecule has 174 valence electrons. The van der Waals surface area contributed by atoms with E-state index in [2.05, 4.69) is 12.1 Å². The molecule has 4 nitrogen and oxygen atoms in total. The summed E-state index contributed by atoms with van der Waals surface area (Å²) in [5.41, 5.74) is 8.27. The third-order valence-electron chi connectivity index (χ3n) is 6.78. The highest BCUT2D eigenvalue weighted by Gasteiger charge is 2.36. The SMILES string of the molecule is O=C(c1ccc2c(c1)Cc1ccccc1-2)N1Cc2ccc(C(=O)C(Cl)(Cl)Cl)n2Cc2ccccc21. The van der Waals surface area contributed by atoms with Crippen LogP contribution in [0.1, 0.15) is 43.2 Å². The van der Waals surface area contributed by atoms with Gasteiger partial charge in [0, 0.05) is 16.9 Å². The van der Waals surface area contributed by atoms with Crippen LogP contribution in [0.15, 0.2) is 78.9 Å². The van der Waals surface area contributed by atoms with Crippen LogP contribution in [0.25, 0.3) is 11.1 Å². The monoisotopic (exact) mass is 520 g/mol. The van der Waals surface area contributed by atoms with Gasteiger partial charge in [0.05, 0.1) is 18.8 Å². The van der Waals surface area contributed by atoms with E-state index >= 15 is 0 Å². The molecule has 2 aliphatic rings. The fraction of sp³-hybridized carbons (Fsp3) is 0.143. The van der Waals surface area contributed by atoms with Gasteiger partial charge in [-0.2, -0.15) is 0 Å². The van der Waals surface area contributed by atoms with Crippen LogP contribution in [0, 0.1) is 0 Å². The summed E-state index contributed by atoms with van der Waals surface area (Å²) >= 11 is 17.7. The van der Waals surface area contributed by atoms with Gasteiger partial charge >= 0.3 is 0 Å². The Balaban J connectivity index is 1.40. The normalized spacial score (nSPS) is 14.0. The van der Waals surface area contributed by atoms with E-state index in [1.54, 1.807) is 11.0 Å². The minimum atomic E-state index is -2.06. The van der Waals surface area contributed by atoms with Crippen LogP contribution < -0.4 is 4.90 Å². The molecule has 1 aliphatic carbocycles. The van der Waals surface area contributed by atoms with E-state index in [9.17, 15) is 9.59 Å². The van der Waals surface area contributed by atoms with Gasteiger partial charge in [-0.1, -0.05) is 83.3 Å². The molecule has 0 spiro atoms. The van der Waals surface area contributed by atoms with Gasteiger partial charge < -0.3 is 9.47 Å². The summed E-state index contributed by atoms with van der Waals surface area (Å²) in [5.74, 6) is -0.690. The molecule has 0 fully saturated rings. The molecule has 4 aromatic rings. The zero-order valence-corrected chi connectivity index (χ0v) is 20.7. The third kappa shape index (κ3) is 3.77. The van der Waals surface area contributed by atoms with Gasteiger partial charge in [0.2, 0.25) is 5.78 Å². The summed E-state index contributed by atoms with van der Waals surface area (Å²) in [6, 6.07) is 25.5. The number of aromatic nitrogens is 1. The highest BCUT2D eigenvalue weighted by Crippen LogP contribution is 2.38. The number of Topliss-reactive ketones (excluding diaryl/α,β-unsaturated/α-hetero) is 1. The Morgan fingerprint density at radius 2 is 1.46 bits per heavy atom. The average Bonchev–Trinajstić information content (AvgIpc) is 3.37. The zero-order chi connectivity index (χ0) is 24.3. The molecule has 6 rings (SSSR count). The number of benzene rings is 3. The van der Waals surface area contributed by atoms with Crippen LogP contribution in [-0.4, -0.2) is 20.1 Å². The molecule has 0 unspecified atom stereocenters. The summed E-state index contributed by atoms with van der Waals surface area (Å²) in [4.78, 5) is 28.4. The Morgan fingerprint density at radius 3 is 2.26 bits per heavy atom. The van der Waals surface area contributed by atoms with Gasteiger partial charge in [-0.05, 0) is 64.6 Å². The highest BCUT2D eigenvalue weighted by atomic mass is 35.6. The van der Waals surface area contributed by atoms with Crippen LogP contribution in [-0.2, 0) is 19.5 Å². The maximum Gasteiger partial charge on any atom is 0.258 e. The first-order valence-electron chi connectivity index (χ1n) is 11.2. The number of hydrogen-bond donors (Lipinski definition) is 0. The predicted octanol–water partition coefficient (Wildman–Crippen LogP) is 6.82. The molecule has 1 aliphatic heterocycles. The van der Waals surface area contributed by atoms with E-state index in [1.165, 1.54) is 16.7 Å². The van der Waals surface area contributed by atoms with Crippen molar-refractivity contribution >= 4 is 52.2 Å². The van der Waals surface area contributed by atoms with E-state index in [4.69, 9.17) is 34.8 Å². The van der Waals surface area contributed by atoms with E-state index in [0.29, 0.717) is 24.3 Å². The third-order valence-corrected chi connectivity index (χ3v) is 7.29. The van der Waals surface area contributed by atoms with Gasteiger partial charge in [-0.3, -0.25) is 9.59 Å². The number of nitrogens with zero attached hydrogens (tertiary/aromatic N) is 2. The number of anilines is 1. The predicted molar refractivity (Wildman–Crippen MR) is 140 cm³/mol. The minimum Gasteiger partial charge on any atom is -0.336 e. The lowest BCUT2D eigenvalue weighted by Crippen LogP contribution is -2.30. The Labute approximate surface area is 217 Å². The number of amides is 1. The molecule has 0 N–H and O–H groups in total. The topological polar surface area (TPSA) is 42.3 Å². The second kappa shape index (κ2) is 8.27. The van der Waals surface area contributed by atoms with E-state index in [0.717, 1.165) is 28.9 Å². The quantitative estimate of drug-likeness (QED) is 0.189. The fourth-order valence-electron chi connectivity index (χ4n) is 5.12. The van der Waals surface area contributed by atoms with Crippen molar-refractivity contribution in [3.05, 3.63) is 113 Å². The molecule has 0 atom stereocenters. The van der Waals surface area contributed by atoms with Gasteiger partial charge in [0.1, 0.15) is 0 Å². The van der Waals surface area contributed by atoms with Crippen molar-refractivity contribution in [2.24, 2.45) is 0 Å². The summed E-state index contributed by atoms with van der Waals surface area (Å²) in [6.07, 6.45) is 0.814. The van der Waals surface area contributed by atoms with Gasteiger partial charge in [0.25, 0.3) is 9.70 Å². The molecule has 7 heteroatoms. The molecule has 0 radical (unpaired) electrons. The van der Waals surface area contributed by atoms with Crippen LogP contribution in [0.2, 0.25) is 0 Å². The zero-order valence-electron chi connectivity index (χ0n) is 18.5. The number of para-hydroxylation sites is 1. The molecule has 2 heterocycles. The van der Waals surface area contributed by atoms with E-state index in [-0.39, 0.29) is 5.91 Å². The first-order chi connectivity index (χ1) is 16.8. The van der Waals surface area contributed by atoms with Crippen molar-refractivity contribution in [3.8, 4) is 11.1 Å². The molecule has 0 saturated heterocycles. The Hall–Kier alpha value is -3.05. The molecular formula is C28H19Cl3N2O2. The Bertz CT molecular complexity index is 1520. The summed E-state index contributed by atoms with van der Waals surface area (Å²) in [5, 5.41) is 0. The first kappa shape index (κ1) is 22.4. The second-order valence-electron chi connectivity index (χ2n) is 8.85. The standard InChI is InChI=1S/C28H19Cl3N2O2/c29-28(30,31)26(34)25-12-10-21-16-33(24-8-4-2-6-19(24)15-32(21)25)27(35)18-9-11-23-20(14-18)13-17-5-1-3-7-22(17)23/h1-12,14H,13,15-16H2. The lowest BCUT2D eigenvalue weighted by atomic mass is 10.0. The van der Waals surface area contributed by atoms with Crippen molar-refractivity contribution in [3.63, 3.8) is 0 Å². The van der Waals surface area contributed by atoms with E-state index < -0.39 is 9.58 Å². The summed E-state index contributed by atoms with van der Waals surface area (Å²) in [7, 11) is 0.